The lowest BCUT2D eigenvalue weighted by atomic mass is 9.98. The summed E-state index contributed by atoms with van der Waals surface area (Å²) >= 11 is 0. The first-order chi connectivity index (χ1) is 14.6. The first-order valence-corrected chi connectivity index (χ1v) is 10.6. The fraction of sp³-hybridized carbons (Fsp3) is 0.480. The minimum absolute atomic E-state index is 0.0586. The Morgan fingerprint density at radius 1 is 1.06 bits per heavy atom. The van der Waals surface area contributed by atoms with Crippen LogP contribution in [0.2, 0.25) is 0 Å². The fourth-order valence-electron chi connectivity index (χ4n) is 3.01. The molecule has 0 saturated heterocycles. The van der Waals surface area contributed by atoms with Gasteiger partial charge in [0.05, 0.1) is 18.4 Å². The van der Waals surface area contributed by atoms with E-state index >= 15 is 0 Å². The summed E-state index contributed by atoms with van der Waals surface area (Å²) in [6.45, 7) is 14.4. The Kier molecular flexibility index (Phi) is 10.7. The third kappa shape index (κ3) is 10.1. The number of amides is 1. The van der Waals surface area contributed by atoms with Crippen LogP contribution < -0.4 is 5.32 Å². The highest BCUT2D eigenvalue weighted by Crippen LogP contribution is 2.23. The highest BCUT2D eigenvalue weighted by atomic mass is 16.6. The van der Waals surface area contributed by atoms with E-state index in [0.29, 0.717) is 12.8 Å². The average Bonchev–Trinajstić information content (AvgIpc) is 2.69. The van der Waals surface area contributed by atoms with Gasteiger partial charge in [0.2, 0.25) is 5.91 Å². The molecule has 0 saturated carbocycles. The van der Waals surface area contributed by atoms with Crippen molar-refractivity contribution in [1.29, 1.82) is 0 Å². The zero-order chi connectivity index (χ0) is 23.4. The molecule has 0 aliphatic rings. The van der Waals surface area contributed by atoms with Crippen LogP contribution in [0.4, 0.5) is 0 Å². The van der Waals surface area contributed by atoms with E-state index in [2.05, 4.69) is 18.5 Å². The average molecular weight is 430 g/mol. The van der Waals surface area contributed by atoms with Crippen molar-refractivity contribution in [2.24, 2.45) is 5.92 Å². The van der Waals surface area contributed by atoms with Gasteiger partial charge in [-0.2, -0.15) is 0 Å². The zero-order valence-corrected chi connectivity index (χ0v) is 19.1. The van der Waals surface area contributed by atoms with Gasteiger partial charge in [-0.15, -0.1) is 13.2 Å². The number of allylic oxidation sites excluding steroid dienone is 2. The zero-order valence-electron chi connectivity index (χ0n) is 19.1. The number of nitrogens with one attached hydrogen (secondary N) is 1. The van der Waals surface area contributed by atoms with Gasteiger partial charge >= 0.3 is 11.9 Å². The third-order valence-electron chi connectivity index (χ3n) is 4.42. The van der Waals surface area contributed by atoms with Crippen molar-refractivity contribution in [3.63, 3.8) is 0 Å². The highest BCUT2D eigenvalue weighted by molar-refractivity contribution is 5.84. The molecule has 1 rings (SSSR count). The van der Waals surface area contributed by atoms with Crippen molar-refractivity contribution in [2.45, 2.75) is 71.1 Å². The van der Waals surface area contributed by atoms with Gasteiger partial charge in [-0.1, -0.05) is 42.5 Å². The standard InChI is InChI=1S/C25H35NO5/c1-7-9-16-21(27)30-23(19-14-11-10-12-15-19)18(3)26-24(29)20(13-8-2)17-22(28)31-25(4,5)6/h7-8,10-12,14-15,18,20,23H,1-2,9,13,16-17H2,3-6H3,(H,26,29)/t18-,20-,23-/m0/s1. The van der Waals surface area contributed by atoms with Crippen molar-refractivity contribution in [1.82, 2.24) is 5.32 Å². The van der Waals surface area contributed by atoms with Crippen molar-refractivity contribution in [3.8, 4) is 0 Å². The lowest BCUT2D eigenvalue weighted by Crippen LogP contribution is -2.42. The Morgan fingerprint density at radius 3 is 2.26 bits per heavy atom. The number of ether oxygens (including phenoxy) is 2. The van der Waals surface area contributed by atoms with Crippen LogP contribution >= 0.6 is 0 Å². The fourth-order valence-corrected chi connectivity index (χ4v) is 3.01. The molecule has 0 spiro atoms. The highest BCUT2D eigenvalue weighted by Gasteiger charge is 2.29. The van der Waals surface area contributed by atoms with E-state index in [1.54, 1.807) is 39.8 Å². The second-order valence-electron chi connectivity index (χ2n) is 8.46. The maximum absolute atomic E-state index is 12.9. The predicted molar refractivity (Wildman–Crippen MR) is 121 cm³/mol. The summed E-state index contributed by atoms with van der Waals surface area (Å²) in [4.78, 5) is 37.4. The molecule has 0 aliphatic heterocycles. The summed E-state index contributed by atoms with van der Waals surface area (Å²) in [6.07, 6.45) is 3.59. The van der Waals surface area contributed by atoms with Crippen LogP contribution in [0.3, 0.4) is 0 Å². The first-order valence-electron chi connectivity index (χ1n) is 10.6. The smallest absolute Gasteiger partial charge is 0.307 e. The van der Waals surface area contributed by atoms with Crippen molar-refractivity contribution in [2.75, 3.05) is 0 Å². The molecule has 0 unspecified atom stereocenters. The molecule has 0 aliphatic carbocycles. The lowest BCUT2D eigenvalue weighted by Gasteiger charge is -2.27. The molecular weight excluding hydrogens is 394 g/mol. The molecule has 1 amide bonds. The van der Waals surface area contributed by atoms with E-state index in [9.17, 15) is 14.4 Å². The number of hydrogen-bond donors (Lipinski definition) is 1. The van der Waals surface area contributed by atoms with Crippen LogP contribution in [0.15, 0.2) is 55.6 Å². The van der Waals surface area contributed by atoms with Gasteiger partial charge in [-0.25, -0.2) is 0 Å². The van der Waals surface area contributed by atoms with E-state index in [1.165, 1.54) is 0 Å². The minimum Gasteiger partial charge on any atom is -0.460 e. The van der Waals surface area contributed by atoms with E-state index in [-0.39, 0.29) is 24.7 Å². The summed E-state index contributed by atoms with van der Waals surface area (Å²) in [5.41, 5.74) is 0.145. The van der Waals surface area contributed by atoms with Crippen LogP contribution in [0, 0.1) is 5.92 Å². The Morgan fingerprint density at radius 2 is 1.71 bits per heavy atom. The molecule has 0 heterocycles. The molecule has 1 aromatic rings. The van der Waals surface area contributed by atoms with Gasteiger partial charge in [0.1, 0.15) is 11.7 Å². The number of esters is 2. The summed E-state index contributed by atoms with van der Waals surface area (Å²) in [6, 6.07) is 8.74. The van der Waals surface area contributed by atoms with E-state index in [1.807, 2.05) is 30.3 Å². The maximum atomic E-state index is 12.9. The summed E-state index contributed by atoms with van der Waals surface area (Å²) < 4.78 is 11.0. The summed E-state index contributed by atoms with van der Waals surface area (Å²) in [5.74, 6) is -1.76. The third-order valence-corrected chi connectivity index (χ3v) is 4.42. The lowest BCUT2D eigenvalue weighted by molar-refractivity contribution is -0.157. The Bertz CT molecular complexity index is 751. The number of benzene rings is 1. The van der Waals surface area contributed by atoms with Crippen LogP contribution in [0.5, 0.6) is 0 Å². The van der Waals surface area contributed by atoms with Gasteiger partial charge in [0, 0.05) is 6.42 Å². The molecule has 31 heavy (non-hydrogen) atoms. The largest absolute Gasteiger partial charge is 0.460 e. The molecule has 170 valence electrons. The quantitative estimate of drug-likeness (QED) is 0.386. The molecule has 6 heteroatoms. The monoisotopic (exact) mass is 429 g/mol. The minimum atomic E-state index is -0.659. The molecule has 1 aromatic carbocycles. The van der Waals surface area contributed by atoms with Gasteiger partial charge < -0.3 is 14.8 Å². The molecule has 0 fully saturated rings. The van der Waals surface area contributed by atoms with Gasteiger partial charge in [0.25, 0.3) is 0 Å². The van der Waals surface area contributed by atoms with Gasteiger partial charge in [-0.3, -0.25) is 14.4 Å². The van der Waals surface area contributed by atoms with Crippen molar-refractivity contribution >= 4 is 17.8 Å². The van der Waals surface area contributed by atoms with Gasteiger partial charge in [-0.05, 0) is 46.1 Å². The second-order valence-corrected chi connectivity index (χ2v) is 8.46. The summed E-state index contributed by atoms with van der Waals surface area (Å²) in [5, 5.41) is 2.90. The van der Waals surface area contributed by atoms with E-state index in [0.717, 1.165) is 5.56 Å². The molecule has 6 nitrogen and oxygen atoms in total. The Balaban J connectivity index is 2.92. The van der Waals surface area contributed by atoms with Crippen LogP contribution in [0.1, 0.15) is 65.0 Å². The van der Waals surface area contributed by atoms with Crippen LogP contribution in [0.25, 0.3) is 0 Å². The van der Waals surface area contributed by atoms with E-state index in [4.69, 9.17) is 9.47 Å². The molecule has 1 N–H and O–H groups in total. The normalized spacial score (nSPS) is 13.9. The Labute approximate surface area is 185 Å². The molecule has 0 aromatic heterocycles. The Hall–Kier alpha value is -2.89. The van der Waals surface area contributed by atoms with Crippen molar-refractivity contribution < 1.29 is 23.9 Å². The van der Waals surface area contributed by atoms with Crippen LogP contribution in [-0.2, 0) is 23.9 Å². The molecular formula is C25H35NO5. The number of carbonyl (C=O) groups is 3. The number of rotatable bonds is 12. The maximum Gasteiger partial charge on any atom is 0.307 e. The van der Waals surface area contributed by atoms with E-state index < -0.39 is 29.6 Å². The number of carbonyl (C=O) groups excluding carboxylic acids is 3. The SMILES string of the molecule is C=CCCC(=O)O[C@H](c1ccccc1)[C@H](C)NC(=O)[C@@H](CC=C)CC(=O)OC(C)(C)C. The molecule has 0 radical (unpaired) electrons. The van der Waals surface area contributed by atoms with Gasteiger partial charge in [0.15, 0.2) is 0 Å². The second kappa shape index (κ2) is 12.7. The topological polar surface area (TPSA) is 81.7 Å². The molecule has 3 atom stereocenters. The van der Waals surface area contributed by atoms with Crippen molar-refractivity contribution in [3.05, 3.63) is 61.2 Å². The first kappa shape index (κ1) is 26.1. The number of hydrogen-bond acceptors (Lipinski definition) is 5. The predicted octanol–water partition coefficient (Wildman–Crippen LogP) is 4.67. The van der Waals surface area contributed by atoms with Crippen LogP contribution in [-0.4, -0.2) is 29.5 Å². The summed E-state index contributed by atoms with van der Waals surface area (Å²) in [7, 11) is 0. The molecule has 0 bridgehead atoms.